The molecule has 2 heterocycles. The highest BCUT2D eigenvalue weighted by molar-refractivity contribution is 5.92. The van der Waals surface area contributed by atoms with Crippen molar-refractivity contribution in [1.82, 2.24) is 16.0 Å². The minimum absolute atomic E-state index is 0.108. The van der Waals surface area contributed by atoms with Crippen molar-refractivity contribution < 1.29 is 13.9 Å². The van der Waals surface area contributed by atoms with Crippen molar-refractivity contribution in [2.75, 3.05) is 26.7 Å². The van der Waals surface area contributed by atoms with Gasteiger partial charge in [0.2, 0.25) is 0 Å². The first-order valence-electron chi connectivity index (χ1n) is 9.18. The van der Waals surface area contributed by atoms with Crippen molar-refractivity contribution in [2.45, 2.75) is 25.9 Å². The van der Waals surface area contributed by atoms with Crippen LogP contribution in [0, 0.1) is 6.92 Å². The van der Waals surface area contributed by atoms with E-state index in [0.29, 0.717) is 25.4 Å². The minimum Gasteiger partial charge on any atom is -0.488 e. The third-order valence-electron chi connectivity index (χ3n) is 4.43. The Bertz CT molecular complexity index is 775. The number of aryl methyl sites for hydroxylation is 1. The van der Waals surface area contributed by atoms with Crippen LogP contribution in [0.1, 0.15) is 28.1 Å². The van der Waals surface area contributed by atoms with E-state index in [2.05, 4.69) is 27.0 Å². The summed E-state index contributed by atoms with van der Waals surface area (Å²) in [5, 5.41) is 9.38. The fourth-order valence-electron chi connectivity index (χ4n) is 2.98. The zero-order valence-electron chi connectivity index (χ0n) is 15.7. The van der Waals surface area contributed by atoms with Gasteiger partial charge in [0, 0.05) is 32.1 Å². The van der Waals surface area contributed by atoms with Gasteiger partial charge < -0.3 is 25.1 Å². The highest BCUT2D eigenvalue weighted by Crippen LogP contribution is 2.27. The van der Waals surface area contributed by atoms with Gasteiger partial charge in [0.15, 0.2) is 11.7 Å². The van der Waals surface area contributed by atoms with Crippen LogP contribution in [0.15, 0.2) is 46.0 Å². The second kappa shape index (κ2) is 9.12. The molecule has 3 rings (SSSR count). The van der Waals surface area contributed by atoms with Gasteiger partial charge in [-0.2, -0.15) is 0 Å². The SMILES string of the molecule is CN=C(NCCCNC(=O)c1occc1C)NCC1Cc2ccccc2O1. The van der Waals surface area contributed by atoms with Gasteiger partial charge in [-0.3, -0.25) is 9.79 Å². The zero-order chi connectivity index (χ0) is 19.1. The number of carbonyl (C=O) groups excluding carboxylic acids is 1. The second-order valence-electron chi connectivity index (χ2n) is 6.47. The molecule has 1 amide bonds. The molecular formula is C20H26N4O3. The van der Waals surface area contributed by atoms with Gasteiger partial charge in [0.25, 0.3) is 5.91 Å². The highest BCUT2D eigenvalue weighted by atomic mass is 16.5. The number of hydrogen-bond acceptors (Lipinski definition) is 4. The van der Waals surface area contributed by atoms with Crippen LogP contribution in [-0.4, -0.2) is 44.7 Å². The van der Waals surface area contributed by atoms with Crippen molar-refractivity contribution in [3.8, 4) is 5.75 Å². The van der Waals surface area contributed by atoms with Crippen LogP contribution in [0.2, 0.25) is 0 Å². The summed E-state index contributed by atoms with van der Waals surface area (Å²) in [6, 6.07) is 9.89. The topological polar surface area (TPSA) is 87.9 Å². The summed E-state index contributed by atoms with van der Waals surface area (Å²) >= 11 is 0. The molecule has 1 unspecified atom stereocenters. The van der Waals surface area contributed by atoms with E-state index in [1.54, 1.807) is 13.1 Å². The number of aliphatic imine (C=N–C) groups is 1. The molecule has 1 aliphatic heterocycles. The molecule has 7 heteroatoms. The lowest BCUT2D eigenvalue weighted by atomic mass is 10.1. The maximum Gasteiger partial charge on any atom is 0.287 e. The van der Waals surface area contributed by atoms with Crippen LogP contribution in [0.5, 0.6) is 5.75 Å². The Balaban J connectivity index is 1.31. The van der Waals surface area contributed by atoms with Gasteiger partial charge in [-0.05, 0) is 31.0 Å². The van der Waals surface area contributed by atoms with Crippen LogP contribution < -0.4 is 20.7 Å². The molecule has 1 aromatic carbocycles. The fourth-order valence-corrected chi connectivity index (χ4v) is 2.98. The standard InChI is InChI=1S/C20H26N4O3/c1-14-8-11-26-18(14)19(25)22-9-5-10-23-20(21-2)24-13-16-12-15-6-3-4-7-17(15)27-16/h3-4,6-8,11,16H,5,9-10,12-13H2,1-2H3,(H,22,25)(H2,21,23,24). The second-order valence-corrected chi connectivity index (χ2v) is 6.47. The number of nitrogens with zero attached hydrogens (tertiary/aromatic N) is 1. The van der Waals surface area contributed by atoms with Gasteiger partial charge in [0.1, 0.15) is 11.9 Å². The van der Waals surface area contributed by atoms with E-state index in [0.717, 1.165) is 30.1 Å². The molecule has 0 radical (unpaired) electrons. The summed E-state index contributed by atoms with van der Waals surface area (Å²) in [5.74, 6) is 1.88. The smallest absolute Gasteiger partial charge is 0.287 e. The lowest BCUT2D eigenvalue weighted by Gasteiger charge is -2.15. The summed E-state index contributed by atoms with van der Waals surface area (Å²) < 4.78 is 11.1. The molecule has 27 heavy (non-hydrogen) atoms. The van der Waals surface area contributed by atoms with Gasteiger partial charge in [0.05, 0.1) is 12.8 Å². The van der Waals surface area contributed by atoms with E-state index in [9.17, 15) is 4.79 Å². The van der Waals surface area contributed by atoms with Crippen LogP contribution >= 0.6 is 0 Å². The molecule has 0 saturated carbocycles. The molecule has 2 aromatic rings. The van der Waals surface area contributed by atoms with Crippen molar-refractivity contribution in [3.05, 3.63) is 53.5 Å². The Kier molecular flexibility index (Phi) is 6.35. The number of amides is 1. The molecule has 0 spiro atoms. The number of furan rings is 1. The number of benzene rings is 1. The number of para-hydroxylation sites is 1. The minimum atomic E-state index is -0.182. The largest absolute Gasteiger partial charge is 0.488 e. The average molecular weight is 370 g/mol. The Morgan fingerprint density at radius 1 is 1.19 bits per heavy atom. The first-order valence-corrected chi connectivity index (χ1v) is 9.18. The van der Waals surface area contributed by atoms with E-state index in [4.69, 9.17) is 9.15 Å². The molecule has 0 fully saturated rings. The van der Waals surface area contributed by atoms with E-state index < -0.39 is 0 Å². The molecule has 0 saturated heterocycles. The van der Waals surface area contributed by atoms with Crippen LogP contribution in [0.3, 0.4) is 0 Å². The number of hydrogen-bond donors (Lipinski definition) is 3. The van der Waals surface area contributed by atoms with Crippen molar-refractivity contribution >= 4 is 11.9 Å². The summed E-state index contributed by atoms with van der Waals surface area (Å²) in [5.41, 5.74) is 2.08. The molecule has 7 nitrogen and oxygen atoms in total. The number of fused-ring (bicyclic) bond motifs is 1. The van der Waals surface area contributed by atoms with E-state index in [1.807, 2.05) is 25.1 Å². The lowest BCUT2D eigenvalue weighted by Crippen LogP contribution is -2.43. The number of ether oxygens (including phenoxy) is 1. The molecular weight excluding hydrogens is 344 g/mol. The maximum absolute atomic E-state index is 11.9. The Labute approximate surface area is 159 Å². The number of rotatable bonds is 7. The van der Waals surface area contributed by atoms with E-state index in [-0.39, 0.29) is 12.0 Å². The monoisotopic (exact) mass is 370 g/mol. The normalized spacial score (nSPS) is 15.8. The van der Waals surface area contributed by atoms with Crippen molar-refractivity contribution in [2.24, 2.45) is 4.99 Å². The third kappa shape index (κ3) is 5.03. The van der Waals surface area contributed by atoms with Crippen LogP contribution in [-0.2, 0) is 6.42 Å². The molecule has 1 atom stereocenters. The van der Waals surface area contributed by atoms with E-state index >= 15 is 0 Å². The molecule has 0 bridgehead atoms. The van der Waals surface area contributed by atoms with Crippen molar-refractivity contribution in [3.63, 3.8) is 0 Å². The zero-order valence-corrected chi connectivity index (χ0v) is 15.7. The summed E-state index contributed by atoms with van der Waals surface area (Å²) in [4.78, 5) is 16.2. The fraction of sp³-hybridized carbons (Fsp3) is 0.400. The third-order valence-corrected chi connectivity index (χ3v) is 4.43. The molecule has 0 aliphatic carbocycles. The summed E-state index contributed by atoms with van der Waals surface area (Å²) in [7, 11) is 1.74. The highest BCUT2D eigenvalue weighted by Gasteiger charge is 2.22. The van der Waals surface area contributed by atoms with Crippen LogP contribution in [0.4, 0.5) is 0 Å². The number of guanidine groups is 1. The van der Waals surface area contributed by atoms with Gasteiger partial charge >= 0.3 is 0 Å². The lowest BCUT2D eigenvalue weighted by molar-refractivity contribution is 0.0925. The average Bonchev–Trinajstić information content (AvgIpc) is 3.29. The van der Waals surface area contributed by atoms with Crippen LogP contribution in [0.25, 0.3) is 0 Å². The molecule has 1 aromatic heterocycles. The van der Waals surface area contributed by atoms with Gasteiger partial charge in [-0.1, -0.05) is 18.2 Å². The van der Waals surface area contributed by atoms with Gasteiger partial charge in [-0.15, -0.1) is 0 Å². The first kappa shape index (κ1) is 18.8. The predicted octanol–water partition coefficient (Wildman–Crippen LogP) is 1.88. The Morgan fingerprint density at radius 2 is 2.00 bits per heavy atom. The first-order chi connectivity index (χ1) is 13.2. The quantitative estimate of drug-likeness (QED) is 0.393. The maximum atomic E-state index is 11.9. The van der Waals surface area contributed by atoms with Crippen molar-refractivity contribution in [1.29, 1.82) is 0 Å². The predicted molar refractivity (Wildman–Crippen MR) is 104 cm³/mol. The van der Waals surface area contributed by atoms with Gasteiger partial charge in [-0.25, -0.2) is 0 Å². The molecule has 144 valence electrons. The molecule has 3 N–H and O–H groups in total. The summed E-state index contributed by atoms with van der Waals surface area (Å²) in [6.45, 7) is 3.79. The summed E-state index contributed by atoms with van der Waals surface area (Å²) in [6.07, 6.45) is 3.31. The Morgan fingerprint density at radius 3 is 2.74 bits per heavy atom. The Hall–Kier alpha value is -2.96. The van der Waals surface area contributed by atoms with E-state index in [1.165, 1.54) is 11.8 Å². The number of nitrogens with one attached hydrogen (secondary N) is 3. The number of carbonyl (C=O) groups is 1. The molecule has 1 aliphatic rings.